The molecule has 0 aliphatic heterocycles. The normalized spacial score (nSPS) is 12.3. The average Bonchev–Trinajstić information content (AvgIpc) is 2.47. The van der Waals surface area contributed by atoms with Crippen molar-refractivity contribution < 1.29 is 17.6 Å². The second-order valence-electron chi connectivity index (χ2n) is 3.03. The number of hydrogen-bond donors (Lipinski definition) is 1. The molecule has 15 heavy (non-hydrogen) atoms. The van der Waals surface area contributed by atoms with Gasteiger partial charge in [-0.1, -0.05) is 0 Å². The smallest absolute Gasteiger partial charge is 0.351 e. The maximum absolute atomic E-state index is 13.1. The van der Waals surface area contributed by atoms with Crippen LogP contribution in [0.3, 0.4) is 0 Å². The van der Waals surface area contributed by atoms with Crippen molar-refractivity contribution in [3.63, 3.8) is 0 Å². The molecule has 0 atom stereocenters. The van der Waals surface area contributed by atoms with Crippen LogP contribution in [0.5, 0.6) is 0 Å². The lowest BCUT2D eigenvalue weighted by Gasteiger charge is -2.00. The third-order valence-electron chi connectivity index (χ3n) is 1.97. The standard InChI is InChI=1S/C9H4F4IN/c10-5-1-4-2-8(9(11,12)13)15-7(4)3-6(5)14/h1-3,15H. The van der Waals surface area contributed by atoms with Gasteiger partial charge in [0.25, 0.3) is 0 Å². The maximum atomic E-state index is 13.1. The molecule has 1 N–H and O–H groups in total. The molecule has 1 aromatic carbocycles. The fraction of sp³-hybridized carbons (Fsp3) is 0.111. The van der Waals surface area contributed by atoms with Crippen molar-refractivity contribution in [1.29, 1.82) is 0 Å². The van der Waals surface area contributed by atoms with Crippen LogP contribution in [-0.2, 0) is 6.18 Å². The average molecular weight is 329 g/mol. The molecule has 2 rings (SSSR count). The van der Waals surface area contributed by atoms with Crippen molar-refractivity contribution in [3.8, 4) is 0 Å². The van der Waals surface area contributed by atoms with Gasteiger partial charge in [0.15, 0.2) is 0 Å². The summed E-state index contributed by atoms with van der Waals surface area (Å²) in [5.74, 6) is -0.518. The number of fused-ring (bicyclic) bond motifs is 1. The molecule has 0 radical (unpaired) electrons. The number of aromatic nitrogens is 1. The Labute approximate surface area is 95.6 Å². The van der Waals surface area contributed by atoms with E-state index in [1.165, 1.54) is 6.07 Å². The lowest BCUT2D eigenvalue weighted by atomic mass is 10.2. The SMILES string of the molecule is Fc1cc2cc(C(F)(F)F)[nH]c2cc1I. The Morgan fingerprint density at radius 2 is 1.80 bits per heavy atom. The highest BCUT2D eigenvalue weighted by molar-refractivity contribution is 14.1. The predicted octanol–water partition coefficient (Wildman–Crippen LogP) is 3.93. The van der Waals surface area contributed by atoms with E-state index in [9.17, 15) is 17.6 Å². The zero-order valence-electron chi connectivity index (χ0n) is 7.12. The van der Waals surface area contributed by atoms with Gasteiger partial charge in [0.1, 0.15) is 11.5 Å². The first-order chi connectivity index (χ1) is 6.88. The summed E-state index contributed by atoms with van der Waals surface area (Å²) in [5.41, 5.74) is -0.577. The first-order valence-electron chi connectivity index (χ1n) is 3.93. The van der Waals surface area contributed by atoms with Gasteiger partial charge in [0.05, 0.1) is 3.57 Å². The number of H-pyrrole nitrogens is 1. The number of aromatic amines is 1. The maximum Gasteiger partial charge on any atom is 0.431 e. The largest absolute Gasteiger partial charge is 0.431 e. The second kappa shape index (κ2) is 3.36. The molecule has 0 saturated heterocycles. The van der Waals surface area contributed by atoms with Gasteiger partial charge in [0, 0.05) is 10.9 Å². The molecule has 6 heteroatoms. The molecule has 0 bridgehead atoms. The van der Waals surface area contributed by atoms with Crippen LogP contribution in [0.2, 0.25) is 0 Å². The van der Waals surface area contributed by atoms with E-state index in [1.54, 1.807) is 22.6 Å². The summed E-state index contributed by atoms with van der Waals surface area (Å²) >= 11 is 1.73. The summed E-state index contributed by atoms with van der Waals surface area (Å²) < 4.78 is 50.2. The zero-order valence-corrected chi connectivity index (χ0v) is 9.28. The molecule has 1 heterocycles. The minimum absolute atomic E-state index is 0.222. The first-order valence-corrected chi connectivity index (χ1v) is 5.01. The molecule has 80 valence electrons. The Hall–Kier alpha value is -0.790. The fourth-order valence-electron chi connectivity index (χ4n) is 1.28. The van der Waals surface area contributed by atoms with Gasteiger partial charge in [-0.2, -0.15) is 13.2 Å². The molecule has 0 saturated carbocycles. The Morgan fingerprint density at radius 1 is 1.13 bits per heavy atom. The Morgan fingerprint density at radius 3 is 2.40 bits per heavy atom. The van der Waals surface area contributed by atoms with Gasteiger partial charge < -0.3 is 4.98 Å². The fourth-order valence-corrected chi connectivity index (χ4v) is 1.75. The summed E-state index contributed by atoms with van der Waals surface area (Å²) in [4.78, 5) is 2.21. The molecule has 1 aromatic heterocycles. The van der Waals surface area contributed by atoms with E-state index in [-0.39, 0.29) is 14.5 Å². The molecular weight excluding hydrogens is 325 g/mol. The van der Waals surface area contributed by atoms with Crippen molar-refractivity contribution in [2.45, 2.75) is 6.18 Å². The van der Waals surface area contributed by atoms with E-state index in [1.807, 2.05) is 0 Å². The lowest BCUT2D eigenvalue weighted by molar-refractivity contribution is -0.140. The van der Waals surface area contributed by atoms with Crippen LogP contribution < -0.4 is 0 Å². The summed E-state index contributed by atoms with van der Waals surface area (Å²) in [6.45, 7) is 0. The second-order valence-corrected chi connectivity index (χ2v) is 4.20. The molecule has 0 aliphatic rings. The van der Waals surface area contributed by atoms with E-state index >= 15 is 0 Å². The van der Waals surface area contributed by atoms with Crippen molar-refractivity contribution in [3.05, 3.63) is 33.3 Å². The zero-order chi connectivity index (χ0) is 11.2. The van der Waals surface area contributed by atoms with E-state index < -0.39 is 17.7 Å². The Kier molecular flexibility index (Phi) is 2.40. The van der Waals surface area contributed by atoms with Gasteiger partial charge in [-0.25, -0.2) is 4.39 Å². The van der Waals surface area contributed by atoms with E-state index in [4.69, 9.17) is 0 Å². The highest BCUT2D eigenvalue weighted by Gasteiger charge is 2.32. The van der Waals surface area contributed by atoms with Crippen LogP contribution >= 0.6 is 22.6 Å². The predicted molar refractivity (Wildman–Crippen MR) is 56.0 cm³/mol. The summed E-state index contributed by atoms with van der Waals surface area (Å²) in [6.07, 6.45) is -4.43. The molecule has 0 aliphatic carbocycles. The van der Waals surface area contributed by atoms with E-state index in [0.29, 0.717) is 0 Å². The topological polar surface area (TPSA) is 15.8 Å². The van der Waals surface area contributed by atoms with E-state index in [0.717, 1.165) is 12.1 Å². The van der Waals surface area contributed by atoms with Crippen molar-refractivity contribution in [2.24, 2.45) is 0 Å². The van der Waals surface area contributed by atoms with Gasteiger partial charge in [-0.3, -0.25) is 0 Å². The van der Waals surface area contributed by atoms with Crippen molar-refractivity contribution in [1.82, 2.24) is 4.98 Å². The lowest BCUT2D eigenvalue weighted by Crippen LogP contribution is -2.04. The highest BCUT2D eigenvalue weighted by Crippen LogP contribution is 2.31. The molecule has 0 amide bonds. The van der Waals surface area contributed by atoms with Gasteiger partial charge >= 0.3 is 6.18 Å². The third kappa shape index (κ3) is 1.95. The quantitative estimate of drug-likeness (QED) is 0.557. The van der Waals surface area contributed by atoms with Crippen LogP contribution in [0.4, 0.5) is 17.6 Å². The minimum Gasteiger partial charge on any atom is -0.351 e. The van der Waals surface area contributed by atoms with Crippen LogP contribution in [0.1, 0.15) is 5.69 Å². The van der Waals surface area contributed by atoms with Gasteiger partial charge in [0.2, 0.25) is 0 Å². The number of nitrogens with one attached hydrogen (secondary N) is 1. The minimum atomic E-state index is -4.43. The monoisotopic (exact) mass is 329 g/mol. The Bertz CT molecular complexity index is 476. The van der Waals surface area contributed by atoms with Gasteiger partial charge in [-0.15, -0.1) is 0 Å². The van der Waals surface area contributed by atoms with Crippen molar-refractivity contribution >= 4 is 33.5 Å². The number of alkyl halides is 3. The summed E-state index contributed by atoms with van der Waals surface area (Å²) in [5, 5.41) is 0.222. The number of halogens is 5. The van der Waals surface area contributed by atoms with Crippen LogP contribution in [0, 0.1) is 9.39 Å². The summed E-state index contributed by atoms with van der Waals surface area (Å²) in [7, 11) is 0. The third-order valence-corrected chi connectivity index (χ3v) is 2.79. The molecule has 1 nitrogen and oxygen atoms in total. The molecular formula is C9H4F4IN. The molecule has 0 spiro atoms. The van der Waals surface area contributed by atoms with Crippen LogP contribution in [-0.4, -0.2) is 4.98 Å². The Balaban J connectivity index is 2.66. The molecule has 0 unspecified atom stereocenters. The number of benzene rings is 1. The van der Waals surface area contributed by atoms with Crippen LogP contribution in [0.15, 0.2) is 18.2 Å². The van der Waals surface area contributed by atoms with Crippen molar-refractivity contribution in [2.75, 3.05) is 0 Å². The number of rotatable bonds is 0. The molecule has 0 fully saturated rings. The first kappa shape index (κ1) is 10.7. The molecule has 2 aromatic rings. The van der Waals surface area contributed by atoms with E-state index in [2.05, 4.69) is 4.98 Å². The highest BCUT2D eigenvalue weighted by atomic mass is 127. The van der Waals surface area contributed by atoms with Crippen LogP contribution in [0.25, 0.3) is 10.9 Å². The number of hydrogen-bond acceptors (Lipinski definition) is 0. The summed E-state index contributed by atoms with van der Waals surface area (Å²) in [6, 6.07) is 3.33. The van der Waals surface area contributed by atoms with Gasteiger partial charge in [-0.05, 0) is 40.8 Å².